The Balaban J connectivity index is 1.93. The van der Waals surface area contributed by atoms with Crippen LogP contribution in [0.15, 0.2) is 59.8 Å². The van der Waals surface area contributed by atoms with E-state index in [9.17, 15) is 13.6 Å². The van der Waals surface area contributed by atoms with Gasteiger partial charge in [-0.15, -0.1) is 0 Å². The summed E-state index contributed by atoms with van der Waals surface area (Å²) in [6, 6.07) is 11.4. The Morgan fingerprint density at radius 2 is 2.00 bits per heavy atom. The van der Waals surface area contributed by atoms with E-state index in [2.05, 4.69) is 15.0 Å². The summed E-state index contributed by atoms with van der Waals surface area (Å²) in [5, 5.41) is 0.948. The highest BCUT2D eigenvalue weighted by Gasteiger charge is 2.19. The van der Waals surface area contributed by atoms with E-state index in [0.717, 1.165) is 11.8 Å². The predicted molar refractivity (Wildman–Crippen MR) is 109 cm³/mol. The van der Waals surface area contributed by atoms with Crippen LogP contribution in [0, 0.1) is 18.6 Å². The van der Waals surface area contributed by atoms with Gasteiger partial charge < -0.3 is 9.88 Å². The summed E-state index contributed by atoms with van der Waals surface area (Å²) >= 11 is 6.16. The normalized spacial score (nSPS) is 11.0. The minimum absolute atomic E-state index is 0.163. The Kier molecular flexibility index (Phi) is 4.98. The van der Waals surface area contributed by atoms with Crippen LogP contribution in [0.5, 0.6) is 0 Å². The van der Waals surface area contributed by atoms with Crippen molar-refractivity contribution in [3.8, 4) is 0 Å². The van der Waals surface area contributed by atoms with Gasteiger partial charge in [0, 0.05) is 27.9 Å². The van der Waals surface area contributed by atoms with Crippen LogP contribution in [-0.4, -0.2) is 15.0 Å². The van der Waals surface area contributed by atoms with E-state index in [4.69, 9.17) is 11.6 Å². The van der Waals surface area contributed by atoms with E-state index in [1.165, 1.54) is 12.4 Å². The number of H-pyrrole nitrogens is 1. The molecule has 2 aromatic heterocycles. The largest absolute Gasteiger partial charge is 0.322 e. The minimum Gasteiger partial charge on any atom is -0.322 e. The monoisotopic (exact) mass is 412 g/mol. The van der Waals surface area contributed by atoms with E-state index in [1.807, 2.05) is 11.0 Å². The molecule has 0 aliphatic carbocycles. The first-order valence-corrected chi connectivity index (χ1v) is 9.12. The predicted octanol–water partition coefficient (Wildman–Crippen LogP) is 4.90. The fourth-order valence-electron chi connectivity index (χ4n) is 3.22. The zero-order valence-corrected chi connectivity index (χ0v) is 16.0. The molecule has 0 fully saturated rings. The third-order valence-corrected chi connectivity index (χ3v) is 4.97. The van der Waals surface area contributed by atoms with Gasteiger partial charge in [0.15, 0.2) is 11.6 Å². The lowest BCUT2D eigenvalue weighted by Gasteiger charge is -2.25. The highest BCUT2D eigenvalue weighted by molar-refractivity contribution is 6.30. The highest BCUT2D eigenvalue weighted by Crippen LogP contribution is 2.31. The molecule has 0 spiro atoms. The van der Waals surface area contributed by atoms with Crippen LogP contribution in [0.4, 0.5) is 20.3 Å². The molecule has 8 heteroatoms. The molecule has 2 aromatic carbocycles. The standard InChI is InChI=1S/C21H15ClF2N4O/c1-12-16(15-5-6-17(23)19(24)20(15)27-21(12)29)10-28(18-7-8-25-11-26-18)14-4-2-3-13(22)9-14/h2-9,11H,10H2,1H3,(H,27,29). The van der Waals surface area contributed by atoms with Crippen LogP contribution in [0.25, 0.3) is 10.9 Å². The van der Waals surface area contributed by atoms with Crippen LogP contribution in [-0.2, 0) is 6.54 Å². The fourth-order valence-corrected chi connectivity index (χ4v) is 3.41. The topological polar surface area (TPSA) is 61.9 Å². The van der Waals surface area contributed by atoms with Crippen molar-refractivity contribution in [2.24, 2.45) is 0 Å². The highest BCUT2D eigenvalue weighted by atomic mass is 35.5. The molecule has 2 heterocycles. The molecule has 146 valence electrons. The van der Waals surface area contributed by atoms with Crippen molar-refractivity contribution in [3.05, 3.63) is 93.1 Å². The van der Waals surface area contributed by atoms with Crippen molar-refractivity contribution in [1.29, 1.82) is 0 Å². The molecular weight excluding hydrogens is 398 g/mol. The molecule has 1 N–H and O–H groups in total. The van der Waals surface area contributed by atoms with Crippen molar-refractivity contribution in [2.75, 3.05) is 4.90 Å². The molecule has 0 radical (unpaired) electrons. The van der Waals surface area contributed by atoms with Gasteiger partial charge in [-0.05, 0) is 48.9 Å². The Morgan fingerprint density at radius 1 is 1.17 bits per heavy atom. The van der Waals surface area contributed by atoms with Crippen molar-refractivity contribution < 1.29 is 8.78 Å². The molecule has 0 bridgehead atoms. The number of pyridine rings is 1. The van der Waals surface area contributed by atoms with Gasteiger partial charge in [-0.2, -0.15) is 0 Å². The molecule has 0 atom stereocenters. The van der Waals surface area contributed by atoms with Gasteiger partial charge in [0.2, 0.25) is 0 Å². The van der Waals surface area contributed by atoms with E-state index >= 15 is 0 Å². The molecule has 29 heavy (non-hydrogen) atoms. The van der Waals surface area contributed by atoms with Gasteiger partial charge >= 0.3 is 0 Å². The number of hydrogen-bond donors (Lipinski definition) is 1. The van der Waals surface area contributed by atoms with Gasteiger partial charge in [-0.1, -0.05) is 17.7 Å². The Bertz CT molecular complexity index is 1260. The summed E-state index contributed by atoms with van der Waals surface area (Å²) in [7, 11) is 0. The molecule has 0 saturated carbocycles. The summed E-state index contributed by atoms with van der Waals surface area (Å²) in [5.41, 5.74) is 1.05. The number of hydrogen-bond acceptors (Lipinski definition) is 4. The first kappa shape index (κ1) is 19.0. The lowest BCUT2D eigenvalue weighted by Crippen LogP contribution is -2.22. The lowest BCUT2D eigenvalue weighted by atomic mass is 10.0. The quantitative estimate of drug-likeness (QED) is 0.518. The second kappa shape index (κ2) is 7.60. The fraction of sp³-hybridized carbons (Fsp3) is 0.0952. The molecule has 0 unspecified atom stereocenters. The second-order valence-electron chi connectivity index (χ2n) is 6.48. The Morgan fingerprint density at radius 3 is 2.72 bits per heavy atom. The summed E-state index contributed by atoms with van der Waals surface area (Å²) in [6.07, 6.45) is 3.00. The second-order valence-corrected chi connectivity index (χ2v) is 6.91. The number of nitrogens with one attached hydrogen (secondary N) is 1. The zero-order valence-electron chi connectivity index (χ0n) is 15.3. The minimum atomic E-state index is -1.09. The van der Waals surface area contributed by atoms with Gasteiger partial charge in [0.25, 0.3) is 5.56 Å². The van der Waals surface area contributed by atoms with Gasteiger partial charge in [0.1, 0.15) is 12.1 Å². The number of nitrogens with zero attached hydrogens (tertiary/aromatic N) is 3. The average Bonchev–Trinajstić information content (AvgIpc) is 2.72. The molecule has 0 amide bonds. The van der Waals surface area contributed by atoms with Gasteiger partial charge in [0.05, 0.1) is 12.1 Å². The summed E-state index contributed by atoms with van der Waals surface area (Å²) in [4.78, 5) is 24.9. The van der Waals surface area contributed by atoms with Crippen LogP contribution in [0.1, 0.15) is 11.1 Å². The van der Waals surface area contributed by atoms with Crippen LogP contribution < -0.4 is 10.5 Å². The number of halogens is 3. The maximum absolute atomic E-state index is 14.3. The Labute approximate surface area is 169 Å². The van der Waals surface area contributed by atoms with Crippen molar-refractivity contribution >= 4 is 34.0 Å². The molecule has 0 aliphatic heterocycles. The first-order chi connectivity index (χ1) is 14.0. The smallest absolute Gasteiger partial charge is 0.251 e. The van der Waals surface area contributed by atoms with Crippen molar-refractivity contribution in [2.45, 2.75) is 13.5 Å². The number of rotatable bonds is 4. The first-order valence-electron chi connectivity index (χ1n) is 8.74. The SMILES string of the molecule is Cc1c(CN(c2cccc(Cl)c2)c2ccncn2)c2ccc(F)c(F)c2[nH]c1=O. The molecule has 0 saturated heterocycles. The van der Waals surface area contributed by atoms with Crippen molar-refractivity contribution in [1.82, 2.24) is 15.0 Å². The molecule has 4 aromatic rings. The molecule has 5 nitrogen and oxygen atoms in total. The van der Waals surface area contributed by atoms with Gasteiger partial charge in [-0.25, -0.2) is 18.7 Å². The summed E-state index contributed by atoms with van der Waals surface area (Å²) < 4.78 is 28.0. The summed E-state index contributed by atoms with van der Waals surface area (Å²) in [6.45, 7) is 1.83. The number of aromatic amines is 1. The van der Waals surface area contributed by atoms with E-state index < -0.39 is 17.2 Å². The van der Waals surface area contributed by atoms with E-state index in [-0.39, 0.29) is 12.1 Å². The number of benzene rings is 2. The van der Waals surface area contributed by atoms with E-state index in [0.29, 0.717) is 27.4 Å². The van der Waals surface area contributed by atoms with Crippen LogP contribution >= 0.6 is 11.6 Å². The third kappa shape index (κ3) is 3.56. The maximum atomic E-state index is 14.3. The van der Waals surface area contributed by atoms with E-state index in [1.54, 1.807) is 37.4 Å². The Hall–Kier alpha value is -3.32. The number of fused-ring (bicyclic) bond motifs is 1. The average molecular weight is 413 g/mol. The number of anilines is 2. The van der Waals surface area contributed by atoms with Crippen LogP contribution in [0.3, 0.4) is 0 Å². The third-order valence-electron chi connectivity index (χ3n) is 4.73. The van der Waals surface area contributed by atoms with Crippen molar-refractivity contribution in [3.63, 3.8) is 0 Å². The molecule has 4 rings (SSSR count). The summed E-state index contributed by atoms with van der Waals surface area (Å²) in [5.74, 6) is -1.54. The molecule has 0 aliphatic rings. The van der Waals surface area contributed by atoms with Gasteiger partial charge in [-0.3, -0.25) is 4.79 Å². The maximum Gasteiger partial charge on any atom is 0.251 e. The lowest BCUT2D eigenvalue weighted by molar-refractivity contribution is 0.515. The zero-order chi connectivity index (χ0) is 20.5. The van der Waals surface area contributed by atoms with Crippen LogP contribution in [0.2, 0.25) is 5.02 Å². The number of aromatic nitrogens is 3. The molecular formula is C21H15ClF2N4O.